The molecule has 1 unspecified atom stereocenters. The van der Waals surface area contributed by atoms with Crippen molar-refractivity contribution in [3.8, 4) is 0 Å². The highest BCUT2D eigenvalue weighted by Gasteiger charge is 2.06. The van der Waals surface area contributed by atoms with Gasteiger partial charge >= 0.3 is 0 Å². The van der Waals surface area contributed by atoms with Gasteiger partial charge in [-0.05, 0) is 43.5 Å². The van der Waals surface area contributed by atoms with Gasteiger partial charge in [-0.15, -0.1) is 0 Å². The summed E-state index contributed by atoms with van der Waals surface area (Å²) in [5.74, 6) is 0.727. The number of hydrogen-bond donors (Lipinski definition) is 1. The second kappa shape index (κ2) is 9.15. The molecule has 2 heteroatoms. The van der Waals surface area contributed by atoms with Crippen LogP contribution in [0.25, 0.3) is 0 Å². The first-order valence-electron chi connectivity index (χ1n) is 8.11. The lowest BCUT2D eigenvalue weighted by atomic mass is 10.00. The van der Waals surface area contributed by atoms with E-state index < -0.39 is 0 Å². The molecule has 0 spiro atoms. The normalized spacial score (nSPS) is 13.2. The van der Waals surface area contributed by atoms with Gasteiger partial charge in [-0.3, -0.25) is 0 Å². The summed E-state index contributed by atoms with van der Waals surface area (Å²) in [6, 6.07) is 9.52. The molecule has 2 nitrogen and oxygen atoms in total. The fourth-order valence-corrected chi connectivity index (χ4v) is 2.51. The summed E-state index contributed by atoms with van der Waals surface area (Å²) >= 11 is 0. The molecule has 0 radical (unpaired) electrons. The Labute approximate surface area is 125 Å². The van der Waals surface area contributed by atoms with E-state index in [1.54, 1.807) is 0 Å². The molecule has 0 aliphatic carbocycles. The van der Waals surface area contributed by atoms with Gasteiger partial charge in [-0.25, -0.2) is 0 Å². The van der Waals surface area contributed by atoms with Crippen LogP contribution in [-0.4, -0.2) is 31.1 Å². The van der Waals surface area contributed by atoms with Gasteiger partial charge in [-0.2, -0.15) is 0 Å². The Balaban J connectivity index is 2.41. The van der Waals surface area contributed by atoms with Crippen molar-refractivity contribution in [2.24, 2.45) is 5.92 Å². The van der Waals surface area contributed by atoms with Gasteiger partial charge in [0, 0.05) is 19.1 Å². The Bertz CT molecular complexity index is 352. The van der Waals surface area contributed by atoms with Crippen molar-refractivity contribution in [3.63, 3.8) is 0 Å². The van der Waals surface area contributed by atoms with Gasteiger partial charge < -0.3 is 10.2 Å². The van der Waals surface area contributed by atoms with Crippen molar-refractivity contribution in [1.82, 2.24) is 10.2 Å². The molecule has 0 amide bonds. The van der Waals surface area contributed by atoms with Gasteiger partial charge in [0.2, 0.25) is 0 Å². The second-order valence-corrected chi connectivity index (χ2v) is 6.04. The predicted octanol–water partition coefficient (Wildman–Crippen LogP) is 3.88. The van der Waals surface area contributed by atoms with Gasteiger partial charge in [0.1, 0.15) is 0 Å². The lowest BCUT2D eigenvalue weighted by molar-refractivity contribution is 0.298. The molecule has 0 fully saturated rings. The Morgan fingerprint density at radius 2 is 1.60 bits per heavy atom. The highest BCUT2D eigenvalue weighted by Crippen LogP contribution is 2.15. The summed E-state index contributed by atoms with van der Waals surface area (Å²) < 4.78 is 0. The van der Waals surface area contributed by atoms with E-state index in [1.165, 1.54) is 17.5 Å². The monoisotopic (exact) mass is 276 g/mol. The zero-order valence-electron chi connectivity index (χ0n) is 13.9. The van der Waals surface area contributed by atoms with E-state index in [1.807, 2.05) is 0 Å². The number of nitrogens with zero attached hydrogens (tertiary/aromatic N) is 1. The standard InChI is InChI=1S/C18H32N2/c1-6-20(7-2)13-12-19-16(5)18-10-8-17(9-11-18)14-15(3)4/h8-11,15-16,19H,6-7,12-14H2,1-5H3. The SMILES string of the molecule is CCN(CC)CCNC(C)c1ccc(CC(C)C)cc1. The summed E-state index contributed by atoms with van der Waals surface area (Å²) in [6.45, 7) is 15.7. The fraction of sp³-hybridized carbons (Fsp3) is 0.667. The lowest BCUT2D eigenvalue weighted by Gasteiger charge is -2.20. The van der Waals surface area contributed by atoms with Crippen LogP contribution in [0.1, 0.15) is 51.8 Å². The van der Waals surface area contributed by atoms with Gasteiger partial charge in [-0.1, -0.05) is 52.0 Å². The Hall–Kier alpha value is -0.860. The van der Waals surface area contributed by atoms with Crippen LogP contribution in [0.5, 0.6) is 0 Å². The smallest absolute Gasteiger partial charge is 0.0292 e. The zero-order valence-corrected chi connectivity index (χ0v) is 13.9. The fourth-order valence-electron chi connectivity index (χ4n) is 2.51. The number of nitrogens with one attached hydrogen (secondary N) is 1. The van der Waals surface area contributed by atoms with Crippen LogP contribution in [0.4, 0.5) is 0 Å². The van der Waals surface area contributed by atoms with Crippen LogP contribution in [-0.2, 0) is 6.42 Å². The molecule has 0 bridgehead atoms. The average Bonchev–Trinajstić information content (AvgIpc) is 2.43. The number of rotatable bonds is 9. The van der Waals surface area contributed by atoms with Crippen molar-refractivity contribution in [2.45, 2.75) is 47.1 Å². The summed E-state index contributed by atoms with van der Waals surface area (Å²) in [4.78, 5) is 2.45. The molecule has 1 aromatic carbocycles. The molecule has 0 aliphatic rings. The molecular formula is C18H32N2. The summed E-state index contributed by atoms with van der Waals surface area (Å²) in [5, 5.41) is 3.62. The third-order valence-corrected chi connectivity index (χ3v) is 3.90. The molecule has 1 aromatic rings. The third kappa shape index (κ3) is 6.06. The van der Waals surface area contributed by atoms with Crippen LogP contribution in [0.2, 0.25) is 0 Å². The molecule has 0 saturated carbocycles. The summed E-state index contributed by atoms with van der Waals surface area (Å²) in [5.41, 5.74) is 2.83. The minimum absolute atomic E-state index is 0.429. The highest BCUT2D eigenvalue weighted by atomic mass is 15.1. The maximum atomic E-state index is 3.62. The van der Waals surface area contributed by atoms with Crippen molar-refractivity contribution in [3.05, 3.63) is 35.4 Å². The third-order valence-electron chi connectivity index (χ3n) is 3.90. The van der Waals surface area contributed by atoms with Crippen molar-refractivity contribution < 1.29 is 0 Å². The Kier molecular flexibility index (Phi) is 7.86. The van der Waals surface area contributed by atoms with Gasteiger partial charge in [0.15, 0.2) is 0 Å². The molecule has 0 aliphatic heterocycles. The minimum atomic E-state index is 0.429. The molecule has 1 rings (SSSR count). The van der Waals surface area contributed by atoms with Crippen LogP contribution < -0.4 is 5.32 Å². The molecule has 20 heavy (non-hydrogen) atoms. The maximum absolute atomic E-state index is 3.62. The van der Waals surface area contributed by atoms with Gasteiger partial charge in [0.25, 0.3) is 0 Å². The largest absolute Gasteiger partial charge is 0.309 e. The molecule has 1 atom stereocenters. The highest BCUT2D eigenvalue weighted by molar-refractivity contribution is 5.25. The molecule has 114 valence electrons. The molecule has 1 N–H and O–H groups in total. The zero-order chi connectivity index (χ0) is 15.0. The van der Waals surface area contributed by atoms with E-state index in [-0.39, 0.29) is 0 Å². The number of likely N-dealkylation sites (N-methyl/N-ethyl adjacent to an activating group) is 1. The van der Waals surface area contributed by atoms with Crippen molar-refractivity contribution in [2.75, 3.05) is 26.2 Å². The minimum Gasteiger partial charge on any atom is -0.309 e. The first-order chi connectivity index (χ1) is 9.56. The van der Waals surface area contributed by atoms with Crippen LogP contribution in [0.3, 0.4) is 0 Å². The van der Waals surface area contributed by atoms with Crippen LogP contribution in [0.15, 0.2) is 24.3 Å². The number of hydrogen-bond acceptors (Lipinski definition) is 2. The molecular weight excluding hydrogens is 244 g/mol. The maximum Gasteiger partial charge on any atom is 0.0292 e. The van der Waals surface area contributed by atoms with E-state index in [2.05, 4.69) is 69.1 Å². The van der Waals surface area contributed by atoms with Crippen LogP contribution >= 0.6 is 0 Å². The average molecular weight is 276 g/mol. The summed E-state index contributed by atoms with van der Waals surface area (Å²) in [7, 11) is 0. The van der Waals surface area contributed by atoms with Gasteiger partial charge in [0.05, 0.1) is 0 Å². The Morgan fingerprint density at radius 3 is 2.10 bits per heavy atom. The quantitative estimate of drug-likeness (QED) is 0.736. The molecule has 0 heterocycles. The molecule has 0 aromatic heterocycles. The van der Waals surface area contributed by atoms with Crippen molar-refractivity contribution in [1.29, 1.82) is 0 Å². The predicted molar refractivity (Wildman–Crippen MR) is 89.2 cm³/mol. The topological polar surface area (TPSA) is 15.3 Å². The van der Waals surface area contributed by atoms with Crippen LogP contribution in [0, 0.1) is 5.92 Å². The van der Waals surface area contributed by atoms with E-state index in [0.717, 1.165) is 32.1 Å². The second-order valence-electron chi connectivity index (χ2n) is 6.04. The number of benzene rings is 1. The molecule has 0 saturated heterocycles. The van der Waals surface area contributed by atoms with E-state index in [9.17, 15) is 0 Å². The van der Waals surface area contributed by atoms with E-state index >= 15 is 0 Å². The summed E-state index contributed by atoms with van der Waals surface area (Å²) in [6.07, 6.45) is 1.17. The van der Waals surface area contributed by atoms with Crippen molar-refractivity contribution >= 4 is 0 Å². The first kappa shape index (κ1) is 17.2. The first-order valence-corrected chi connectivity index (χ1v) is 8.11. The lowest BCUT2D eigenvalue weighted by Crippen LogP contribution is -2.33. The van der Waals surface area contributed by atoms with E-state index in [4.69, 9.17) is 0 Å². The Morgan fingerprint density at radius 1 is 1.00 bits per heavy atom. The van der Waals surface area contributed by atoms with E-state index in [0.29, 0.717) is 6.04 Å².